The summed E-state index contributed by atoms with van der Waals surface area (Å²) in [5.74, 6) is 0. The van der Waals surface area contributed by atoms with Gasteiger partial charge in [-0.05, 0) is 30.5 Å². The van der Waals surface area contributed by atoms with Crippen molar-refractivity contribution in [1.29, 1.82) is 0 Å². The van der Waals surface area contributed by atoms with E-state index in [1.807, 2.05) is 0 Å². The van der Waals surface area contributed by atoms with Gasteiger partial charge in [-0.15, -0.1) is 0 Å². The average molecular weight is 250 g/mol. The lowest BCUT2D eigenvalue weighted by Crippen LogP contribution is -2.17. The van der Waals surface area contributed by atoms with E-state index in [2.05, 4.69) is 53.1 Å². The molecule has 0 amide bonds. The molecule has 19 heavy (non-hydrogen) atoms. The lowest BCUT2D eigenvalue weighted by molar-refractivity contribution is 0.540. The van der Waals surface area contributed by atoms with Gasteiger partial charge in [0.25, 0.3) is 0 Å². The minimum Gasteiger partial charge on any atom is -0.366 e. The number of hydrogen-bond donors (Lipinski definition) is 2. The fourth-order valence-corrected chi connectivity index (χ4v) is 3.02. The fourth-order valence-electron chi connectivity index (χ4n) is 3.02. The molecule has 2 aromatic rings. The van der Waals surface area contributed by atoms with Gasteiger partial charge >= 0.3 is 0 Å². The van der Waals surface area contributed by atoms with Crippen molar-refractivity contribution >= 4 is 17.1 Å². The van der Waals surface area contributed by atoms with E-state index in [4.69, 9.17) is 5.32 Å². The minimum atomic E-state index is 0.275. The van der Waals surface area contributed by atoms with Crippen molar-refractivity contribution < 1.29 is 0 Å². The molecule has 3 nitrogen and oxygen atoms in total. The summed E-state index contributed by atoms with van der Waals surface area (Å²) in [6, 6.07) is 15.2. The molecule has 0 bridgehead atoms. The van der Waals surface area contributed by atoms with Crippen molar-refractivity contribution in [1.82, 2.24) is 5.32 Å². The Balaban J connectivity index is 1.70. The van der Waals surface area contributed by atoms with Gasteiger partial charge in [0.1, 0.15) is 0 Å². The number of hydrogen-bond acceptors (Lipinski definition) is 2. The summed E-state index contributed by atoms with van der Waals surface area (Å²) in [7, 11) is 0. The van der Waals surface area contributed by atoms with Crippen LogP contribution in [0.3, 0.4) is 0 Å². The minimum absolute atomic E-state index is 0.275. The van der Waals surface area contributed by atoms with E-state index in [1.54, 1.807) is 0 Å². The van der Waals surface area contributed by atoms with E-state index in [-0.39, 0.29) is 6.04 Å². The highest BCUT2D eigenvalue weighted by molar-refractivity contribution is 5.77. The maximum absolute atomic E-state index is 4.93. The van der Waals surface area contributed by atoms with Crippen LogP contribution >= 0.6 is 0 Å². The first kappa shape index (κ1) is 10.7. The van der Waals surface area contributed by atoms with E-state index in [0.717, 1.165) is 25.2 Å². The predicted octanol–water partition coefficient (Wildman–Crippen LogP) is 3.40. The van der Waals surface area contributed by atoms with Gasteiger partial charge in [-0.25, -0.2) is 0 Å². The predicted molar refractivity (Wildman–Crippen MR) is 77.9 cm³/mol. The van der Waals surface area contributed by atoms with Gasteiger partial charge in [0.2, 0.25) is 0 Å². The Bertz CT molecular complexity index is 621. The Labute approximate surface area is 113 Å². The number of benzene rings is 2. The topological polar surface area (TPSA) is 38.2 Å². The number of nitrogens with one attached hydrogen (secondary N) is 2. The van der Waals surface area contributed by atoms with Crippen LogP contribution in [0.1, 0.15) is 23.6 Å². The maximum atomic E-state index is 4.93. The molecule has 1 atom stereocenters. The highest BCUT2D eigenvalue weighted by Crippen LogP contribution is 2.39. The first-order valence-electron chi connectivity index (χ1n) is 6.81. The number of para-hydroxylation sites is 2. The van der Waals surface area contributed by atoms with Crippen molar-refractivity contribution in [2.75, 3.05) is 17.3 Å². The lowest BCUT2D eigenvalue weighted by atomic mass is 9.92. The Morgan fingerprint density at radius 3 is 2.95 bits per heavy atom. The van der Waals surface area contributed by atoms with Crippen LogP contribution in [0.4, 0.5) is 17.1 Å². The zero-order chi connectivity index (χ0) is 12.7. The van der Waals surface area contributed by atoms with Crippen molar-refractivity contribution in [2.24, 2.45) is 0 Å². The number of fused-ring (bicyclic) bond motifs is 2. The molecule has 1 radical (unpaired) electrons. The second kappa shape index (κ2) is 4.19. The van der Waals surface area contributed by atoms with Gasteiger partial charge < -0.3 is 10.6 Å². The molecule has 0 aliphatic carbocycles. The molecule has 95 valence electrons. The second-order valence-electron chi connectivity index (χ2n) is 5.11. The highest BCUT2D eigenvalue weighted by Gasteiger charge is 2.25. The summed E-state index contributed by atoms with van der Waals surface area (Å²) in [4.78, 5) is 0. The molecule has 2 aliphatic rings. The Morgan fingerprint density at radius 1 is 1.00 bits per heavy atom. The van der Waals surface area contributed by atoms with E-state index in [9.17, 15) is 0 Å². The fraction of sp³-hybridized carbons (Fsp3) is 0.250. The Morgan fingerprint density at radius 2 is 1.95 bits per heavy atom. The molecule has 0 saturated heterocycles. The van der Waals surface area contributed by atoms with Gasteiger partial charge in [0.15, 0.2) is 0 Å². The number of rotatable bonds is 1. The van der Waals surface area contributed by atoms with E-state index >= 15 is 0 Å². The molecule has 2 aliphatic heterocycles. The number of aryl methyl sites for hydroxylation is 1. The first-order valence-corrected chi connectivity index (χ1v) is 6.81. The zero-order valence-corrected chi connectivity index (χ0v) is 10.7. The van der Waals surface area contributed by atoms with E-state index in [1.165, 1.54) is 22.5 Å². The van der Waals surface area contributed by atoms with Crippen LogP contribution in [0.2, 0.25) is 0 Å². The largest absolute Gasteiger partial charge is 0.366 e. The van der Waals surface area contributed by atoms with Gasteiger partial charge in [-0.3, -0.25) is 5.32 Å². The first-order chi connectivity index (χ1) is 9.42. The van der Waals surface area contributed by atoms with Gasteiger partial charge in [0.05, 0.1) is 29.8 Å². The molecule has 2 N–H and O–H groups in total. The zero-order valence-electron chi connectivity index (χ0n) is 10.7. The number of nitrogens with zero attached hydrogens (tertiary/aromatic N) is 1. The molecule has 4 rings (SSSR count). The van der Waals surface area contributed by atoms with Crippen LogP contribution in [0.15, 0.2) is 42.5 Å². The van der Waals surface area contributed by atoms with Crippen LogP contribution in [0.5, 0.6) is 0 Å². The van der Waals surface area contributed by atoms with E-state index < -0.39 is 0 Å². The molecular formula is C16H16N3. The summed E-state index contributed by atoms with van der Waals surface area (Å²) in [5, 5.41) is 11.7. The van der Waals surface area contributed by atoms with Gasteiger partial charge in [0, 0.05) is 5.56 Å². The third kappa shape index (κ3) is 1.73. The highest BCUT2D eigenvalue weighted by atomic mass is 15.1. The Kier molecular flexibility index (Phi) is 2.37. The van der Waals surface area contributed by atoms with Crippen LogP contribution in [-0.2, 0) is 6.42 Å². The van der Waals surface area contributed by atoms with Crippen LogP contribution in [-0.4, -0.2) is 6.67 Å². The number of anilines is 2. The molecule has 0 saturated carbocycles. The van der Waals surface area contributed by atoms with Crippen molar-refractivity contribution in [2.45, 2.75) is 18.9 Å². The summed E-state index contributed by atoms with van der Waals surface area (Å²) in [6.45, 7) is 0.815. The molecule has 3 heteroatoms. The smallest absolute Gasteiger partial charge is 0.0850 e. The second-order valence-corrected chi connectivity index (χ2v) is 5.11. The van der Waals surface area contributed by atoms with Crippen molar-refractivity contribution in [3.63, 3.8) is 0 Å². The summed E-state index contributed by atoms with van der Waals surface area (Å²) >= 11 is 0. The van der Waals surface area contributed by atoms with Crippen LogP contribution in [0, 0.1) is 0 Å². The maximum Gasteiger partial charge on any atom is 0.0850 e. The van der Waals surface area contributed by atoms with Crippen LogP contribution < -0.4 is 16.0 Å². The summed E-state index contributed by atoms with van der Waals surface area (Å²) in [6.07, 6.45) is 2.20. The van der Waals surface area contributed by atoms with Crippen LogP contribution in [0.25, 0.3) is 0 Å². The molecule has 1 unspecified atom stereocenters. The lowest BCUT2D eigenvalue weighted by Gasteiger charge is -2.26. The normalized spacial score (nSPS) is 19.7. The van der Waals surface area contributed by atoms with Crippen molar-refractivity contribution in [3.05, 3.63) is 53.6 Å². The monoisotopic (exact) mass is 250 g/mol. The molecule has 0 fully saturated rings. The molecule has 0 aromatic heterocycles. The molecule has 2 heterocycles. The third-order valence-corrected chi connectivity index (χ3v) is 3.97. The standard InChI is InChI=1S/C16H16N3/c1-2-6-13-11(4-1)8-9-14(19-13)12-5-3-7-15-16(12)18-10-17-15/h1-7,14,17-18H,8-10H2. The molecule has 0 spiro atoms. The quantitative estimate of drug-likeness (QED) is 0.814. The van der Waals surface area contributed by atoms with E-state index in [0.29, 0.717) is 0 Å². The SMILES string of the molecule is c1ccc2c(c1)CCC(c1cccc3c1NCN3)[N]2. The molecule has 2 aromatic carbocycles. The van der Waals surface area contributed by atoms with Crippen molar-refractivity contribution in [3.8, 4) is 0 Å². The van der Waals surface area contributed by atoms with Gasteiger partial charge in [-0.2, -0.15) is 0 Å². The third-order valence-electron chi connectivity index (χ3n) is 3.97. The molecular weight excluding hydrogens is 234 g/mol. The average Bonchev–Trinajstić information content (AvgIpc) is 2.95. The summed E-state index contributed by atoms with van der Waals surface area (Å²) < 4.78 is 0. The summed E-state index contributed by atoms with van der Waals surface area (Å²) in [5.41, 5.74) is 6.28. The van der Waals surface area contributed by atoms with Gasteiger partial charge in [-0.1, -0.05) is 30.3 Å². The Hall–Kier alpha value is -2.16.